The van der Waals surface area contributed by atoms with Crippen LogP contribution in [0.25, 0.3) is 0 Å². The highest BCUT2D eigenvalue weighted by molar-refractivity contribution is 7.09. The SMILES string of the molecule is CCc1ccc(OC)c(N(C)c2nnns2)c1. The molecule has 1 aromatic heterocycles. The molecule has 0 atom stereocenters. The van der Waals surface area contributed by atoms with Crippen molar-refractivity contribution in [2.24, 2.45) is 0 Å². The Morgan fingerprint density at radius 1 is 1.41 bits per heavy atom. The van der Waals surface area contributed by atoms with Crippen molar-refractivity contribution in [3.8, 4) is 5.75 Å². The maximum atomic E-state index is 5.36. The average Bonchev–Trinajstić information content (AvgIpc) is 2.91. The van der Waals surface area contributed by atoms with Crippen LogP contribution in [0.2, 0.25) is 0 Å². The molecular formula is C11H14N4OS. The van der Waals surface area contributed by atoms with Crippen LogP contribution in [0.4, 0.5) is 10.8 Å². The summed E-state index contributed by atoms with van der Waals surface area (Å²) in [4.78, 5) is 1.93. The van der Waals surface area contributed by atoms with Gasteiger partial charge >= 0.3 is 0 Å². The third kappa shape index (κ3) is 2.36. The molecule has 0 unspecified atom stereocenters. The zero-order valence-electron chi connectivity index (χ0n) is 10.0. The molecule has 6 heteroatoms. The van der Waals surface area contributed by atoms with Crippen LogP contribution >= 0.6 is 11.5 Å². The Hall–Kier alpha value is -1.69. The summed E-state index contributed by atoms with van der Waals surface area (Å²) < 4.78 is 9.12. The molecule has 0 saturated carbocycles. The predicted molar refractivity (Wildman–Crippen MR) is 68.1 cm³/mol. The first kappa shape index (κ1) is 11.8. The molecule has 0 amide bonds. The average molecular weight is 250 g/mol. The normalized spacial score (nSPS) is 10.3. The van der Waals surface area contributed by atoms with E-state index in [0.29, 0.717) is 0 Å². The van der Waals surface area contributed by atoms with E-state index in [1.54, 1.807) is 7.11 Å². The second-order valence-corrected chi connectivity index (χ2v) is 4.27. The highest BCUT2D eigenvalue weighted by atomic mass is 32.1. The zero-order valence-corrected chi connectivity index (χ0v) is 10.9. The van der Waals surface area contributed by atoms with Gasteiger partial charge in [-0.25, -0.2) is 0 Å². The fraction of sp³-hybridized carbons (Fsp3) is 0.364. The Morgan fingerprint density at radius 3 is 2.82 bits per heavy atom. The summed E-state index contributed by atoms with van der Waals surface area (Å²) >= 11 is 1.26. The molecule has 2 rings (SSSR count). The summed E-state index contributed by atoms with van der Waals surface area (Å²) in [6.07, 6.45) is 0.985. The Bertz CT molecular complexity index is 486. The van der Waals surface area contributed by atoms with Crippen LogP contribution in [0.1, 0.15) is 12.5 Å². The van der Waals surface area contributed by atoms with Gasteiger partial charge in [-0.2, -0.15) is 0 Å². The second-order valence-electron chi connectivity index (χ2n) is 3.56. The molecule has 0 saturated heterocycles. The van der Waals surface area contributed by atoms with E-state index in [1.807, 2.05) is 18.0 Å². The van der Waals surface area contributed by atoms with Crippen molar-refractivity contribution in [1.82, 2.24) is 14.8 Å². The first-order valence-electron chi connectivity index (χ1n) is 5.32. The number of benzene rings is 1. The molecule has 0 N–H and O–H groups in total. The van der Waals surface area contributed by atoms with Crippen LogP contribution in [-0.2, 0) is 6.42 Å². The molecule has 0 radical (unpaired) electrons. The molecule has 0 fully saturated rings. The van der Waals surface area contributed by atoms with Gasteiger partial charge in [-0.1, -0.05) is 22.6 Å². The second kappa shape index (κ2) is 5.09. The lowest BCUT2D eigenvalue weighted by Gasteiger charge is -2.18. The van der Waals surface area contributed by atoms with E-state index < -0.39 is 0 Å². The van der Waals surface area contributed by atoms with Crippen molar-refractivity contribution in [1.29, 1.82) is 0 Å². The van der Waals surface area contributed by atoms with Gasteiger partial charge in [-0.15, -0.1) is 0 Å². The van der Waals surface area contributed by atoms with Gasteiger partial charge in [0.05, 0.1) is 12.8 Å². The molecule has 0 aliphatic rings. The molecule has 5 nitrogen and oxygen atoms in total. The van der Waals surface area contributed by atoms with Crippen molar-refractivity contribution in [3.63, 3.8) is 0 Å². The summed E-state index contributed by atoms with van der Waals surface area (Å²) in [6.45, 7) is 2.12. The smallest absolute Gasteiger partial charge is 0.232 e. The molecule has 1 heterocycles. The van der Waals surface area contributed by atoms with Crippen LogP contribution in [0, 0.1) is 0 Å². The van der Waals surface area contributed by atoms with Gasteiger partial charge in [0.1, 0.15) is 5.75 Å². The maximum absolute atomic E-state index is 5.36. The summed E-state index contributed by atoms with van der Waals surface area (Å²) in [5, 5.41) is 8.30. The largest absolute Gasteiger partial charge is 0.495 e. The van der Waals surface area contributed by atoms with E-state index in [9.17, 15) is 0 Å². The van der Waals surface area contributed by atoms with E-state index >= 15 is 0 Å². The molecular weight excluding hydrogens is 236 g/mol. The molecule has 90 valence electrons. The van der Waals surface area contributed by atoms with Gasteiger partial charge in [0.15, 0.2) is 0 Å². The summed E-state index contributed by atoms with van der Waals surface area (Å²) in [5.74, 6) is 0.819. The van der Waals surface area contributed by atoms with E-state index in [0.717, 1.165) is 23.0 Å². The lowest BCUT2D eigenvalue weighted by molar-refractivity contribution is 0.415. The number of aromatic nitrogens is 3. The first-order valence-corrected chi connectivity index (χ1v) is 6.09. The fourth-order valence-corrected chi connectivity index (χ4v) is 2.02. The Labute approximate surface area is 104 Å². The quantitative estimate of drug-likeness (QED) is 0.833. The molecule has 2 aromatic rings. The van der Waals surface area contributed by atoms with Crippen molar-refractivity contribution in [3.05, 3.63) is 23.8 Å². The number of aryl methyl sites for hydroxylation is 1. The van der Waals surface area contributed by atoms with Crippen molar-refractivity contribution in [2.45, 2.75) is 13.3 Å². The third-order valence-electron chi connectivity index (χ3n) is 2.59. The minimum Gasteiger partial charge on any atom is -0.495 e. The van der Waals surface area contributed by atoms with Crippen molar-refractivity contribution in [2.75, 3.05) is 19.1 Å². The van der Waals surface area contributed by atoms with Gasteiger partial charge in [0.25, 0.3) is 0 Å². The lowest BCUT2D eigenvalue weighted by atomic mass is 10.1. The number of methoxy groups -OCH3 is 1. The van der Waals surface area contributed by atoms with Crippen molar-refractivity contribution < 1.29 is 4.74 Å². The predicted octanol–water partition coefficient (Wildman–Crippen LogP) is 2.27. The number of nitrogens with zero attached hydrogens (tertiary/aromatic N) is 4. The Morgan fingerprint density at radius 2 is 2.24 bits per heavy atom. The Kier molecular flexibility index (Phi) is 3.53. The van der Waals surface area contributed by atoms with Crippen LogP contribution in [0.3, 0.4) is 0 Å². The van der Waals surface area contributed by atoms with E-state index in [-0.39, 0.29) is 0 Å². The van der Waals surface area contributed by atoms with Crippen LogP contribution in [0.15, 0.2) is 18.2 Å². The minimum absolute atomic E-state index is 0.747. The molecule has 0 spiro atoms. The third-order valence-corrected chi connectivity index (χ3v) is 3.26. The molecule has 0 aliphatic heterocycles. The summed E-state index contributed by atoms with van der Waals surface area (Å²) in [7, 11) is 3.59. The number of ether oxygens (including phenoxy) is 1. The van der Waals surface area contributed by atoms with Gasteiger partial charge in [0, 0.05) is 18.6 Å². The maximum Gasteiger partial charge on any atom is 0.232 e. The van der Waals surface area contributed by atoms with Crippen LogP contribution in [-0.4, -0.2) is 29.0 Å². The highest BCUT2D eigenvalue weighted by Crippen LogP contribution is 2.33. The first-order chi connectivity index (χ1) is 8.26. The molecule has 0 aliphatic carbocycles. The lowest BCUT2D eigenvalue weighted by Crippen LogP contribution is -2.11. The monoisotopic (exact) mass is 250 g/mol. The highest BCUT2D eigenvalue weighted by Gasteiger charge is 2.13. The number of hydrogen-bond acceptors (Lipinski definition) is 6. The van der Waals surface area contributed by atoms with Gasteiger partial charge in [-0.3, -0.25) is 0 Å². The number of hydrogen-bond donors (Lipinski definition) is 0. The van der Waals surface area contributed by atoms with Crippen LogP contribution < -0.4 is 9.64 Å². The number of rotatable bonds is 4. The topological polar surface area (TPSA) is 51.1 Å². The summed E-state index contributed by atoms with van der Waals surface area (Å²) in [6, 6.07) is 6.13. The van der Waals surface area contributed by atoms with E-state index in [4.69, 9.17) is 4.74 Å². The van der Waals surface area contributed by atoms with Crippen LogP contribution in [0.5, 0.6) is 5.75 Å². The minimum atomic E-state index is 0.747. The summed E-state index contributed by atoms with van der Waals surface area (Å²) in [5.41, 5.74) is 2.23. The van der Waals surface area contributed by atoms with Gasteiger partial charge in [-0.05, 0) is 29.3 Å². The Balaban J connectivity index is 2.41. The van der Waals surface area contributed by atoms with Crippen molar-refractivity contribution >= 4 is 22.4 Å². The van der Waals surface area contributed by atoms with Gasteiger partial charge < -0.3 is 9.64 Å². The van der Waals surface area contributed by atoms with Gasteiger partial charge in [0.2, 0.25) is 5.13 Å². The fourth-order valence-electron chi connectivity index (χ4n) is 1.58. The molecule has 0 bridgehead atoms. The zero-order chi connectivity index (χ0) is 12.3. The van der Waals surface area contributed by atoms with E-state index in [2.05, 4.69) is 33.9 Å². The van der Waals surface area contributed by atoms with E-state index in [1.165, 1.54) is 17.1 Å². The number of anilines is 2. The molecule has 1 aromatic carbocycles. The standard InChI is InChI=1S/C11H14N4OS/c1-4-8-5-6-10(16-3)9(7-8)15(2)11-12-13-14-17-11/h5-7H,4H2,1-3H3. The molecule has 17 heavy (non-hydrogen) atoms.